The van der Waals surface area contributed by atoms with E-state index in [0.717, 1.165) is 43.8 Å². The van der Waals surface area contributed by atoms with Gasteiger partial charge in [-0.15, -0.1) is 0 Å². The molecule has 2 unspecified atom stereocenters. The summed E-state index contributed by atoms with van der Waals surface area (Å²) in [5.74, 6) is 1.42. The van der Waals surface area contributed by atoms with Crippen LogP contribution in [-0.4, -0.2) is 36.1 Å². The van der Waals surface area contributed by atoms with Crippen LogP contribution in [0.2, 0.25) is 0 Å². The van der Waals surface area contributed by atoms with E-state index >= 15 is 0 Å². The van der Waals surface area contributed by atoms with E-state index in [2.05, 4.69) is 105 Å². The number of hydrogen-bond donors (Lipinski definition) is 1. The predicted octanol–water partition coefficient (Wildman–Crippen LogP) is 6.53. The highest BCUT2D eigenvalue weighted by Crippen LogP contribution is 2.53. The molecule has 2 aliphatic rings. The summed E-state index contributed by atoms with van der Waals surface area (Å²) in [5, 5.41) is 3.88. The average molecular weight is 451 g/mol. The molecule has 33 heavy (non-hydrogen) atoms. The Labute approximate surface area is 200 Å². The second-order valence-corrected chi connectivity index (χ2v) is 11.3. The van der Waals surface area contributed by atoms with Gasteiger partial charge in [-0.25, -0.2) is 4.99 Å². The summed E-state index contributed by atoms with van der Waals surface area (Å²) in [6, 6.07) is 27.6. The third kappa shape index (κ3) is 4.39. The normalized spacial score (nSPS) is 24.8. The lowest BCUT2D eigenvalue weighted by Gasteiger charge is -2.43. The fourth-order valence-corrected chi connectivity index (χ4v) is 7.20. The summed E-state index contributed by atoms with van der Waals surface area (Å²) in [7, 11) is 7.18. The van der Waals surface area contributed by atoms with E-state index < -0.39 is 0 Å². The van der Waals surface area contributed by atoms with Crippen LogP contribution in [0, 0.1) is 5.92 Å². The third-order valence-corrected chi connectivity index (χ3v) is 8.58. The van der Waals surface area contributed by atoms with Gasteiger partial charge >= 0.3 is 0 Å². The SMILES string of the molecule is [B]N1CP[C@@H]2Nc3c(N=C(c4ccccc4)c4ccccc4)cccc3[C@@H]2C(C)CC1(C)C. The molecule has 2 aliphatic heterocycles. The smallest absolute Gasteiger partial charge is 0.183 e. The van der Waals surface area contributed by atoms with Gasteiger partial charge in [0.1, 0.15) is 0 Å². The van der Waals surface area contributed by atoms with Crippen LogP contribution in [0.25, 0.3) is 0 Å². The Bertz CT molecular complexity index is 1100. The number of rotatable bonds is 3. The van der Waals surface area contributed by atoms with Crippen molar-refractivity contribution in [3.05, 3.63) is 95.6 Å². The molecule has 0 amide bonds. The van der Waals surface area contributed by atoms with Crippen LogP contribution in [-0.2, 0) is 0 Å². The lowest BCUT2D eigenvalue weighted by atomic mass is 9.79. The molecule has 5 heteroatoms. The molecular formula is C28H31BN3P. The second kappa shape index (κ2) is 9.08. The van der Waals surface area contributed by atoms with Crippen molar-refractivity contribution in [3.8, 4) is 0 Å². The molecule has 2 radical (unpaired) electrons. The number of aliphatic imine (C=N–C) groups is 1. The van der Waals surface area contributed by atoms with Crippen LogP contribution < -0.4 is 5.32 Å². The van der Waals surface area contributed by atoms with Gasteiger partial charge in [0.25, 0.3) is 0 Å². The Morgan fingerprint density at radius 1 is 0.970 bits per heavy atom. The van der Waals surface area contributed by atoms with E-state index in [9.17, 15) is 0 Å². The molecule has 5 rings (SSSR count). The van der Waals surface area contributed by atoms with E-state index in [0.29, 0.717) is 17.6 Å². The zero-order valence-corrected chi connectivity index (χ0v) is 20.6. The topological polar surface area (TPSA) is 27.6 Å². The van der Waals surface area contributed by atoms with Crippen molar-refractivity contribution in [1.82, 2.24) is 4.81 Å². The first-order valence-electron chi connectivity index (χ1n) is 11.8. The van der Waals surface area contributed by atoms with Crippen molar-refractivity contribution in [2.24, 2.45) is 10.9 Å². The van der Waals surface area contributed by atoms with Gasteiger partial charge < -0.3 is 10.1 Å². The monoisotopic (exact) mass is 451 g/mol. The molecule has 1 N–H and O–H groups in total. The Hall–Kier alpha value is -2.42. The molecule has 0 spiro atoms. The second-order valence-electron chi connectivity index (χ2n) is 9.91. The van der Waals surface area contributed by atoms with Crippen molar-refractivity contribution >= 4 is 33.6 Å². The van der Waals surface area contributed by atoms with E-state index in [-0.39, 0.29) is 5.54 Å². The number of nitrogens with one attached hydrogen (secondary N) is 1. The summed E-state index contributed by atoms with van der Waals surface area (Å²) in [5.41, 5.74) is 6.87. The molecule has 3 aromatic carbocycles. The van der Waals surface area contributed by atoms with Crippen molar-refractivity contribution < 1.29 is 0 Å². The molecule has 0 bridgehead atoms. The highest BCUT2D eigenvalue weighted by atomic mass is 31.1. The standard InChI is InChI=1S/C28H31BN3P/c1-19-17-28(2,3)32(29)18-33-27-24(19)22-15-10-16-23(26(22)31-27)30-25(20-11-6-4-7-12-20)21-13-8-5-9-14-21/h4-16,19,24,27,31,33H,17-18H2,1-3H3/t19?,24-,27-/m0/s1. The van der Waals surface area contributed by atoms with Crippen LogP contribution in [0.3, 0.4) is 0 Å². The summed E-state index contributed by atoms with van der Waals surface area (Å²) in [4.78, 5) is 7.31. The molecule has 0 saturated carbocycles. The summed E-state index contributed by atoms with van der Waals surface area (Å²) < 4.78 is 0. The van der Waals surface area contributed by atoms with Crippen LogP contribution in [0.4, 0.5) is 11.4 Å². The minimum Gasteiger partial charge on any atom is -0.376 e. The lowest BCUT2D eigenvalue weighted by molar-refractivity contribution is 0.197. The lowest BCUT2D eigenvalue weighted by Crippen LogP contribution is -2.46. The molecule has 4 atom stereocenters. The van der Waals surface area contributed by atoms with Gasteiger partial charge in [0.05, 0.1) is 22.9 Å². The molecule has 0 aliphatic carbocycles. The maximum atomic E-state index is 6.45. The fourth-order valence-electron chi connectivity index (χ4n) is 5.37. The first-order valence-corrected chi connectivity index (χ1v) is 13.1. The average Bonchev–Trinajstić information content (AvgIpc) is 3.20. The van der Waals surface area contributed by atoms with Crippen LogP contribution in [0.15, 0.2) is 83.9 Å². The Morgan fingerprint density at radius 2 is 1.61 bits per heavy atom. The minimum absolute atomic E-state index is 0.00366. The van der Waals surface area contributed by atoms with Crippen LogP contribution in [0.5, 0.6) is 0 Å². The zero-order valence-electron chi connectivity index (χ0n) is 19.6. The Kier molecular flexibility index (Phi) is 6.16. The van der Waals surface area contributed by atoms with E-state index in [1.807, 2.05) is 4.81 Å². The molecule has 166 valence electrons. The van der Waals surface area contributed by atoms with Crippen molar-refractivity contribution in [2.45, 2.75) is 44.4 Å². The number of benzene rings is 3. The molecule has 3 nitrogen and oxygen atoms in total. The molecule has 3 aromatic rings. The molecule has 2 heterocycles. The van der Waals surface area contributed by atoms with Gasteiger partial charge in [-0.05, 0) is 37.8 Å². The van der Waals surface area contributed by atoms with Gasteiger partial charge in [0.15, 0.2) is 7.98 Å². The van der Waals surface area contributed by atoms with E-state index in [4.69, 9.17) is 13.0 Å². The minimum atomic E-state index is 0.00366. The van der Waals surface area contributed by atoms with Gasteiger partial charge in [-0.3, -0.25) is 0 Å². The van der Waals surface area contributed by atoms with Crippen LogP contribution in [0.1, 0.15) is 49.8 Å². The largest absolute Gasteiger partial charge is 0.376 e. The highest BCUT2D eigenvalue weighted by Gasteiger charge is 2.41. The first kappa shape index (κ1) is 22.4. The molecule has 0 aromatic heterocycles. The van der Waals surface area contributed by atoms with E-state index in [1.54, 1.807) is 0 Å². The van der Waals surface area contributed by atoms with Gasteiger partial charge in [-0.2, -0.15) is 0 Å². The highest BCUT2D eigenvalue weighted by molar-refractivity contribution is 7.39. The molecular weight excluding hydrogens is 420 g/mol. The maximum Gasteiger partial charge on any atom is 0.183 e. The predicted molar refractivity (Wildman–Crippen MR) is 143 cm³/mol. The summed E-state index contributed by atoms with van der Waals surface area (Å²) >= 11 is 0. The number of hydrogen-bond acceptors (Lipinski definition) is 3. The maximum absolute atomic E-state index is 6.45. The van der Waals surface area contributed by atoms with Gasteiger partial charge in [0, 0.05) is 28.9 Å². The van der Waals surface area contributed by atoms with Crippen molar-refractivity contribution in [2.75, 3.05) is 11.6 Å². The van der Waals surface area contributed by atoms with Crippen molar-refractivity contribution in [3.63, 3.8) is 0 Å². The van der Waals surface area contributed by atoms with Crippen molar-refractivity contribution in [1.29, 1.82) is 0 Å². The van der Waals surface area contributed by atoms with Crippen LogP contribution >= 0.6 is 8.58 Å². The molecule has 1 fully saturated rings. The fraction of sp³-hybridized carbons (Fsp3) is 0.321. The summed E-state index contributed by atoms with van der Waals surface area (Å²) in [6.45, 7) is 6.92. The quantitative estimate of drug-likeness (QED) is 0.279. The summed E-state index contributed by atoms with van der Waals surface area (Å²) in [6.07, 6.45) is 1.99. The zero-order chi connectivity index (χ0) is 23.0. The number of fused-ring (bicyclic) bond motifs is 3. The number of anilines is 1. The number of nitrogens with zero attached hydrogens (tertiary/aromatic N) is 2. The van der Waals surface area contributed by atoms with E-state index in [1.165, 1.54) is 11.3 Å². The number of para-hydroxylation sites is 1. The third-order valence-electron chi connectivity index (χ3n) is 7.11. The van der Waals surface area contributed by atoms with Gasteiger partial charge in [0.2, 0.25) is 0 Å². The first-order chi connectivity index (χ1) is 15.9. The molecule has 1 saturated heterocycles. The Balaban J connectivity index is 1.59. The van der Waals surface area contributed by atoms with Gasteiger partial charge in [-0.1, -0.05) is 88.3 Å². The Morgan fingerprint density at radius 3 is 2.24 bits per heavy atom.